The van der Waals surface area contributed by atoms with E-state index in [0.29, 0.717) is 22.3 Å². The Morgan fingerprint density at radius 3 is 0.593 bits per heavy atom. The van der Waals surface area contributed by atoms with Crippen molar-refractivity contribution >= 4 is 32.4 Å². The van der Waals surface area contributed by atoms with E-state index < -0.39 is 7.54 Å². The third kappa shape index (κ3) is 22.0. The Balaban J connectivity index is 0.000000540. The molecule has 2 aliphatic carbocycles. The van der Waals surface area contributed by atoms with E-state index in [9.17, 15) is 33.4 Å². The fraction of sp³-hybridized carbons (Fsp3) is 0.611. The molecule has 0 unspecified atom stereocenters. The van der Waals surface area contributed by atoms with Gasteiger partial charge in [-0.2, -0.15) is 0 Å². The number of aliphatic imine (C=N–C) groups is 4. The fourth-order valence-corrected chi connectivity index (χ4v) is 10.5. The van der Waals surface area contributed by atoms with Crippen molar-refractivity contribution in [1.29, 1.82) is 0 Å². The number of halogens is 3. The standard InChI is InChI=1S/2C36H54N2O2.BF3.2Co/c2*1-33(2,3)25-17-23(31(39)27(19-25)35(7,8)9)21-37-29-15-13-14-16-30(29)38-22-24-18-26(34(4,5)6)20-28(32(24)40)36(10,11)12;2-1(3)4;;/h2*17-22,29-30,39-40H,13-16H2,1-12H3;;;/q;;;2*+2/p-4/t2*29-,30-;;;/m11.../s1. The Labute approximate surface area is 539 Å². The van der Waals surface area contributed by atoms with Gasteiger partial charge in [-0.15, -0.1) is 0 Å². The van der Waals surface area contributed by atoms with E-state index in [1.807, 2.05) is 24.3 Å². The molecule has 0 spiro atoms. The van der Waals surface area contributed by atoms with Gasteiger partial charge in [-0.3, -0.25) is 32.9 Å². The van der Waals surface area contributed by atoms with Crippen LogP contribution in [-0.2, 0) is 76.9 Å². The molecule has 4 aromatic rings. The predicted octanol–water partition coefficient (Wildman–Crippen LogP) is 16.6. The van der Waals surface area contributed by atoms with Crippen LogP contribution in [0.3, 0.4) is 0 Å². The molecule has 4 aromatic carbocycles. The van der Waals surface area contributed by atoms with Crippen LogP contribution in [0.5, 0.6) is 23.0 Å². The second-order valence-electron chi connectivity index (χ2n) is 32.0. The summed E-state index contributed by atoms with van der Waals surface area (Å²) in [6.07, 6.45) is 15.3. The van der Waals surface area contributed by atoms with Gasteiger partial charge in [0, 0.05) is 24.9 Å². The molecule has 2 radical (unpaired) electrons. The Bertz CT molecular complexity index is 2610. The molecule has 14 heteroatoms. The Kier molecular flexibility index (Phi) is 27.1. The molecule has 0 bridgehead atoms. The van der Waals surface area contributed by atoms with Crippen molar-refractivity contribution in [3.8, 4) is 23.0 Å². The first-order valence-corrected chi connectivity index (χ1v) is 30.6. The summed E-state index contributed by atoms with van der Waals surface area (Å²) in [4.78, 5) is 19.9. The molecule has 0 amide bonds. The van der Waals surface area contributed by atoms with E-state index in [2.05, 4.69) is 190 Å². The predicted molar refractivity (Wildman–Crippen MR) is 345 cm³/mol. The van der Waals surface area contributed by atoms with Crippen LogP contribution in [0.2, 0.25) is 0 Å². The Morgan fingerprint density at radius 2 is 0.465 bits per heavy atom. The summed E-state index contributed by atoms with van der Waals surface area (Å²) in [5.41, 5.74) is 9.24. The summed E-state index contributed by atoms with van der Waals surface area (Å²) in [7, 11) is -3.67. The van der Waals surface area contributed by atoms with Crippen molar-refractivity contribution in [3.63, 3.8) is 0 Å². The molecule has 2 aliphatic rings. The van der Waals surface area contributed by atoms with Gasteiger partial charge < -0.3 is 20.4 Å². The number of benzene rings is 4. The number of hydrogen-bond acceptors (Lipinski definition) is 8. The van der Waals surface area contributed by atoms with Crippen molar-refractivity contribution in [2.45, 2.75) is 285 Å². The van der Waals surface area contributed by atoms with Crippen LogP contribution in [-0.4, -0.2) is 56.6 Å². The third-order valence-corrected chi connectivity index (χ3v) is 16.2. The van der Waals surface area contributed by atoms with E-state index in [1.54, 1.807) is 24.9 Å². The van der Waals surface area contributed by atoms with E-state index >= 15 is 0 Å². The summed E-state index contributed by atoms with van der Waals surface area (Å²) in [5.74, 6) is 0.240. The van der Waals surface area contributed by atoms with Crippen molar-refractivity contribution in [2.75, 3.05) is 0 Å². The van der Waals surface area contributed by atoms with E-state index in [-0.39, 0.29) is 124 Å². The minimum Gasteiger partial charge on any atom is -0.872 e. The zero-order valence-electron chi connectivity index (χ0n) is 56.7. The van der Waals surface area contributed by atoms with Gasteiger partial charge in [-0.1, -0.05) is 263 Å². The molecule has 0 N–H and O–H groups in total. The zero-order chi connectivity index (χ0) is 64.1. The normalized spacial score (nSPS) is 18.5. The third-order valence-electron chi connectivity index (χ3n) is 16.2. The summed E-state index contributed by atoms with van der Waals surface area (Å²) >= 11 is 0. The van der Waals surface area contributed by atoms with Crippen LogP contribution in [0.1, 0.15) is 284 Å². The molecular weight excluding hydrogens is 1170 g/mol. The van der Waals surface area contributed by atoms with Crippen LogP contribution >= 0.6 is 0 Å². The average Bonchev–Trinajstić information content (AvgIpc) is 2.21. The molecule has 6 rings (SSSR count). The molecule has 0 aliphatic heterocycles. The molecule has 478 valence electrons. The van der Waals surface area contributed by atoms with Gasteiger partial charge >= 0.3 is 41.1 Å². The first-order chi connectivity index (χ1) is 38.1. The fourth-order valence-electron chi connectivity index (χ4n) is 10.5. The van der Waals surface area contributed by atoms with Crippen LogP contribution in [0, 0.1) is 0 Å². The van der Waals surface area contributed by atoms with Gasteiger partial charge in [0.15, 0.2) is 0 Å². The smallest absolute Gasteiger partial charge is 0.872 e. The molecule has 2 saturated carbocycles. The van der Waals surface area contributed by atoms with Gasteiger partial charge in [0.2, 0.25) is 0 Å². The van der Waals surface area contributed by atoms with E-state index in [4.69, 9.17) is 20.0 Å². The van der Waals surface area contributed by atoms with Crippen LogP contribution in [0.25, 0.3) is 0 Å². The molecule has 0 aromatic heterocycles. The number of rotatable bonds is 8. The maximum absolute atomic E-state index is 13.5. The van der Waals surface area contributed by atoms with Gasteiger partial charge in [0.25, 0.3) is 0 Å². The van der Waals surface area contributed by atoms with Crippen LogP contribution < -0.4 is 20.4 Å². The largest absolute Gasteiger partial charge is 2.00 e. The summed E-state index contributed by atoms with van der Waals surface area (Å²) in [6, 6.07) is 16.3. The van der Waals surface area contributed by atoms with Crippen molar-refractivity contribution < 1.29 is 66.9 Å². The summed E-state index contributed by atoms with van der Waals surface area (Å²) < 4.78 is 29.0. The average molecular weight is 1280 g/mol. The van der Waals surface area contributed by atoms with Gasteiger partial charge in [-0.05, 0) is 136 Å². The van der Waals surface area contributed by atoms with Gasteiger partial charge in [-0.25, -0.2) is 0 Å². The van der Waals surface area contributed by atoms with Crippen LogP contribution in [0.15, 0.2) is 68.5 Å². The first-order valence-electron chi connectivity index (χ1n) is 30.6. The molecule has 0 heterocycles. The van der Waals surface area contributed by atoms with Crippen molar-refractivity contribution in [1.82, 2.24) is 0 Å². The van der Waals surface area contributed by atoms with E-state index in [0.717, 1.165) is 95.9 Å². The Morgan fingerprint density at radius 1 is 0.314 bits per heavy atom. The second-order valence-corrected chi connectivity index (χ2v) is 32.0. The molecule has 0 saturated heterocycles. The molecule has 86 heavy (non-hydrogen) atoms. The van der Waals surface area contributed by atoms with Crippen molar-refractivity contribution in [3.05, 3.63) is 115 Å². The first kappa shape index (κ1) is 77.7. The summed E-state index contributed by atoms with van der Waals surface area (Å²) in [5, 5.41) is 53.9. The zero-order valence-corrected chi connectivity index (χ0v) is 58.8. The van der Waals surface area contributed by atoms with E-state index in [1.165, 1.54) is 0 Å². The molecule has 2 fully saturated rings. The maximum atomic E-state index is 13.5. The monoisotopic (exact) mass is 1270 g/mol. The molecular formula is C72H104BCo2F3N4O4. The second kappa shape index (κ2) is 30.0. The minimum absolute atomic E-state index is 0. The number of nitrogens with zero attached hydrogens (tertiary/aromatic N) is 4. The molecule has 4 atom stereocenters. The van der Waals surface area contributed by atoms with Gasteiger partial charge in [0.1, 0.15) is 0 Å². The SMILES string of the molecule is CC(C)(C)c1cc(C=N[C@@H]2CCCC[C@H]2N=Cc2cc(C(C)(C)C)cc(C(C)(C)C)c2[O-])c([O-])c(C(C)(C)C)c1.CC(C)(C)c1cc(C=N[C@@H]2CCCC[C@H]2N=Cc2cc(C(C)(C)C)cc(C(C)(C)C)c2[O-])c([O-])c(C(C)(C)C)c1.FB(F)F.[Co+2].[Co+2]. The minimum atomic E-state index is -3.67. The summed E-state index contributed by atoms with van der Waals surface area (Å²) in [6.45, 7) is 51.2. The maximum Gasteiger partial charge on any atom is 2.00 e. The number of hydrogen-bond donors (Lipinski definition) is 0. The Hall–Kier alpha value is -4.37. The van der Waals surface area contributed by atoms with Crippen LogP contribution in [0.4, 0.5) is 12.9 Å². The topological polar surface area (TPSA) is 142 Å². The van der Waals surface area contributed by atoms with Gasteiger partial charge in [0.05, 0.1) is 24.2 Å². The molecule has 8 nitrogen and oxygen atoms in total. The van der Waals surface area contributed by atoms with Crippen molar-refractivity contribution in [2.24, 2.45) is 20.0 Å². The quantitative estimate of drug-likeness (QED) is 0.128.